The molecule has 0 atom stereocenters. The molecule has 0 aromatic heterocycles. The van der Waals surface area contributed by atoms with Gasteiger partial charge in [0.1, 0.15) is 5.70 Å². The van der Waals surface area contributed by atoms with E-state index < -0.39 is 0 Å². The fourth-order valence-corrected chi connectivity index (χ4v) is 2.91. The molecule has 2 rings (SSSR count). The molecular formula is C14H21N3OS. The van der Waals surface area contributed by atoms with Gasteiger partial charge in [-0.2, -0.15) is 0 Å². The van der Waals surface area contributed by atoms with Crippen LogP contribution in [0.2, 0.25) is 0 Å². The van der Waals surface area contributed by atoms with Crippen LogP contribution in [0, 0.1) is 0 Å². The summed E-state index contributed by atoms with van der Waals surface area (Å²) in [6.45, 7) is 7.04. The zero-order valence-corrected chi connectivity index (χ0v) is 12.7. The molecule has 0 aliphatic carbocycles. The molecule has 2 saturated heterocycles. The topological polar surface area (TPSA) is 26.8 Å². The largest absolute Gasteiger partial charge is 0.375 e. The van der Waals surface area contributed by atoms with E-state index in [9.17, 15) is 4.79 Å². The minimum Gasteiger partial charge on any atom is -0.375 e. The van der Waals surface area contributed by atoms with Crippen molar-refractivity contribution in [1.29, 1.82) is 0 Å². The maximum absolute atomic E-state index is 12.1. The Labute approximate surface area is 120 Å². The lowest BCUT2D eigenvalue weighted by atomic mass is 10.2. The van der Waals surface area contributed by atoms with Crippen molar-refractivity contribution in [2.45, 2.75) is 26.7 Å². The highest BCUT2D eigenvalue weighted by molar-refractivity contribution is 7.80. The zero-order valence-electron chi connectivity index (χ0n) is 11.8. The summed E-state index contributed by atoms with van der Waals surface area (Å²) < 4.78 is 0. The van der Waals surface area contributed by atoms with Gasteiger partial charge >= 0.3 is 0 Å². The maximum atomic E-state index is 12.1. The zero-order chi connectivity index (χ0) is 14.0. The van der Waals surface area contributed by atoms with Gasteiger partial charge in [0.2, 0.25) is 0 Å². The van der Waals surface area contributed by atoms with Crippen LogP contribution >= 0.6 is 12.2 Å². The Morgan fingerprint density at radius 1 is 1.26 bits per heavy atom. The average molecular weight is 279 g/mol. The van der Waals surface area contributed by atoms with Crippen molar-refractivity contribution in [3.8, 4) is 0 Å². The van der Waals surface area contributed by atoms with Gasteiger partial charge < -0.3 is 9.80 Å². The third kappa shape index (κ3) is 2.52. The van der Waals surface area contributed by atoms with E-state index in [0.717, 1.165) is 26.1 Å². The fraction of sp³-hybridized carbons (Fsp3) is 0.571. The van der Waals surface area contributed by atoms with Crippen molar-refractivity contribution in [3.05, 3.63) is 23.5 Å². The summed E-state index contributed by atoms with van der Waals surface area (Å²) in [5.74, 6) is -0.00949. The van der Waals surface area contributed by atoms with Crippen molar-refractivity contribution >= 4 is 23.2 Å². The molecule has 0 bridgehead atoms. The van der Waals surface area contributed by atoms with Crippen molar-refractivity contribution in [1.82, 2.24) is 14.7 Å². The molecule has 4 nitrogen and oxygen atoms in total. The van der Waals surface area contributed by atoms with Gasteiger partial charge in [-0.25, -0.2) is 0 Å². The fourth-order valence-electron chi connectivity index (χ4n) is 2.60. The Hall–Kier alpha value is -1.36. The van der Waals surface area contributed by atoms with E-state index in [1.54, 1.807) is 7.05 Å². The molecule has 5 heteroatoms. The minimum absolute atomic E-state index is 0.00949. The molecule has 2 fully saturated rings. The van der Waals surface area contributed by atoms with E-state index >= 15 is 0 Å². The number of nitrogens with zero attached hydrogens (tertiary/aromatic N) is 3. The first-order valence-electron chi connectivity index (χ1n) is 6.85. The monoisotopic (exact) mass is 279 g/mol. The van der Waals surface area contributed by atoms with Gasteiger partial charge in [-0.15, -0.1) is 0 Å². The Bertz CT molecular complexity index is 456. The number of amides is 1. The highest BCUT2D eigenvalue weighted by Gasteiger charge is 2.33. The Morgan fingerprint density at radius 2 is 2.00 bits per heavy atom. The molecule has 0 aromatic carbocycles. The molecule has 0 radical (unpaired) electrons. The number of hydrogen-bond acceptors (Lipinski definition) is 3. The smallest absolute Gasteiger partial charge is 0.276 e. The van der Waals surface area contributed by atoms with Gasteiger partial charge in [-0.1, -0.05) is 0 Å². The van der Waals surface area contributed by atoms with Gasteiger partial charge in [0.05, 0.1) is 0 Å². The van der Waals surface area contributed by atoms with Gasteiger partial charge in [-0.3, -0.25) is 9.69 Å². The molecule has 104 valence electrons. The van der Waals surface area contributed by atoms with E-state index in [1.807, 2.05) is 17.9 Å². The number of carbonyl (C=O) groups excluding carboxylic acids is 1. The normalized spacial score (nSPS) is 24.5. The summed E-state index contributed by atoms with van der Waals surface area (Å²) in [7, 11) is 1.73. The molecular weight excluding hydrogens is 258 g/mol. The first-order chi connectivity index (χ1) is 9.10. The van der Waals surface area contributed by atoms with Gasteiger partial charge in [-0.05, 0) is 51.1 Å². The second-order valence-electron chi connectivity index (χ2n) is 4.78. The molecule has 0 N–H and O–H groups in total. The van der Waals surface area contributed by atoms with Crippen molar-refractivity contribution in [2.24, 2.45) is 0 Å². The summed E-state index contributed by atoms with van der Waals surface area (Å²) in [5, 5.41) is 0.593. The predicted octanol–water partition coefficient (Wildman–Crippen LogP) is 1.95. The Morgan fingerprint density at radius 3 is 2.63 bits per heavy atom. The number of hydrogen-bond donors (Lipinski definition) is 0. The predicted molar refractivity (Wildman–Crippen MR) is 80.4 cm³/mol. The van der Waals surface area contributed by atoms with Gasteiger partial charge in [0, 0.05) is 32.4 Å². The quantitative estimate of drug-likeness (QED) is 0.583. The van der Waals surface area contributed by atoms with Crippen LogP contribution in [-0.2, 0) is 4.79 Å². The van der Waals surface area contributed by atoms with E-state index in [-0.39, 0.29) is 5.91 Å². The Kier molecular flexibility index (Phi) is 4.24. The molecule has 1 amide bonds. The lowest BCUT2D eigenvalue weighted by molar-refractivity contribution is -0.121. The summed E-state index contributed by atoms with van der Waals surface area (Å²) >= 11 is 5.27. The number of likely N-dealkylation sites (tertiary alicyclic amines) is 1. The standard InChI is InChI=1S/C14H21N3OS/c1-4-16-10-6-7-11(16)8-9-12-13(18)15(3)14(19)17(12)5-2/h8-9H,4-7,10H2,1-3H3/b11-8-,12-9-. The molecule has 2 heterocycles. The summed E-state index contributed by atoms with van der Waals surface area (Å²) in [4.78, 5) is 17.9. The maximum Gasteiger partial charge on any atom is 0.276 e. The number of thiocarbonyl (C=S) groups is 1. The van der Waals surface area contributed by atoms with Crippen LogP contribution in [-0.4, -0.2) is 52.4 Å². The summed E-state index contributed by atoms with van der Waals surface area (Å²) in [5.41, 5.74) is 2.00. The van der Waals surface area contributed by atoms with Crippen molar-refractivity contribution in [3.63, 3.8) is 0 Å². The first-order valence-corrected chi connectivity index (χ1v) is 7.26. The molecule has 2 aliphatic heterocycles. The molecule has 19 heavy (non-hydrogen) atoms. The number of allylic oxidation sites excluding steroid dienone is 3. The van der Waals surface area contributed by atoms with Crippen LogP contribution in [0.25, 0.3) is 0 Å². The first kappa shape index (κ1) is 14.1. The second kappa shape index (κ2) is 5.74. The van der Waals surface area contributed by atoms with Gasteiger partial charge in [0.15, 0.2) is 5.11 Å². The van der Waals surface area contributed by atoms with Crippen LogP contribution in [0.5, 0.6) is 0 Å². The molecule has 0 spiro atoms. The summed E-state index contributed by atoms with van der Waals surface area (Å²) in [6.07, 6.45) is 6.30. The van der Waals surface area contributed by atoms with E-state index in [1.165, 1.54) is 17.0 Å². The lowest BCUT2D eigenvalue weighted by Crippen LogP contribution is -2.29. The van der Waals surface area contributed by atoms with Crippen molar-refractivity contribution < 1.29 is 4.79 Å². The van der Waals surface area contributed by atoms with E-state index in [0.29, 0.717) is 10.8 Å². The molecule has 2 aliphatic rings. The van der Waals surface area contributed by atoms with E-state index in [4.69, 9.17) is 12.2 Å². The lowest BCUT2D eigenvalue weighted by Gasteiger charge is -2.17. The third-order valence-electron chi connectivity index (χ3n) is 3.73. The highest BCUT2D eigenvalue weighted by Crippen LogP contribution is 2.23. The minimum atomic E-state index is -0.00949. The number of likely N-dealkylation sites (N-methyl/N-ethyl adjacent to an activating group) is 2. The van der Waals surface area contributed by atoms with Crippen LogP contribution in [0.15, 0.2) is 23.5 Å². The summed E-state index contributed by atoms with van der Waals surface area (Å²) in [6, 6.07) is 0. The van der Waals surface area contributed by atoms with Gasteiger partial charge in [0.25, 0.3) is 5.91 Å². The van der Waals surface area contributed by atoms with Crippen molar-refractivity contribution in [2.75, 3.05) is 26.7 Å². The van der Waals surface area contributed by atoms with Crippen LogP contribution in [0.4, 0.5) is 0 Å². The van der Waals surface area contributed by atoms with Crippen LogP contribution in [0.3, 0.4) is 0 Å². The SMILES string of the molecule is CCN1CCC/C1=C/C=C1/C(=O)N(C)C(=S)N1CC. The number of carbonyl (C=O) groups is 1. The third-order valence-corrected chi connectivity index (χ3v) is 4.23. The molecule has 0 unspecified atom stereocenters. The second-order valence-corrected chi connectivity index (χ2v) is 5.15. The molecule has 0 aromatic rings. The van der Waals surface area contributed by atoms with E-state index in [2.05, 4.69) is 17.9 Å². The van der Waals surface area contributed by atoms with Crippen LogP contribution < -0.4 is 0 Å². The Balaban J connectivity index is 2.25. The van der Waals surface area contributed by atoms with Crippen LogP contribution in [0.1, 0.15) is 26.7 Å². The molecule has 0 saturated carbocycles. The average Bonchev–Trinajstić information content (AvgIpc) is 2.95. The number of rotatable bonds is 3. The highest BCUT2D eigenvalue weighted by atomic mass is 32.1.